The Kier molecular flexibility index (Phi) is 11.1. The van der Waals surface area contributed by atoms with Gasteiger partial charge in [0.2, 0.25) is 5.36 Å². The molecule has 0 spiro atoms. The molecule has 0 aromatic heterocycles. The SMILES string of the molecule is O=C(NCCOCCOCCCCCCCl)c1ccc(C(=O)O)c(-c2c3ccc(=[N+]4CCC4)cc-3oc3cc(N4CCC4)ccc23)c1. The maximum atomic E-state index is 13.3. The molecule has 1 aliphatic carbocycles. The summed E-state index contributed by atoms with van der Waals surface area (Å²) in [6, 6.07) is 17.0. The molecule has 6 rings (SSSR count). The van der Waals surface area contributed by atoms with Crippen LogP contribution in [0, 0.1) is 0 Å². The quantitative estimate of drug-likeness (QED) is 0.0673. The minimum Gasteiger partial charge on any atom is -0.478 e. The highest BCUT2D eigenvalue weighted by molar-refractivity contribution is 6.17. The van der Waals surface area contributed by atoms with Crippen LogP contribution < -0.4 is 20.1 Å². The zero-order chi connectivity index (χ0) is 32.6. The number of carbonyl (C=O) groups excluding carboxylic acids is 1. The third kappa shape index (κ3) is 7.80. The number of amides is 1. The van der Waals surface area contributed by atoms with Crippen LogP contribution in [0.2, 0.25) is 0 Å². The molecule has 4 aliphatic rings. The van der Waals surface area contributed by atoms with Crippen molar-refractivity contribution in [2.24, 2.45) is 0 Å². The first-order chi connectivity index (χ1) is 23.0. The van der Waals surface area contributed by atoms with Gasteiger partial charge in [-0.15, -0.1) is 11.6 Å². The number of ether oxygens (including phenoxy) is 2. The zero-order valence-corrected chi connectivity index (χ0v) is 27.5. The van der Waals surface area contributed by atoms with Crippen LogP contribution >= 0.6 is 11.6 Å². The van der Waals surface area contributed by atoms with E-state index in [2.05, 4.69) is 26.9 Å². The van der Waals surface area contributed by atoms with E-state index >= 15 is 0 Å². The fourth-order valence-corrected chi connectivity index (χ4v) is 6.28. The van der Waals surface area contributed by atoms with Gasteiger partial charge in [0.1, 0.15) is 24.4 Å². The Labute approximate surface area is 280 Å². The minimum absolute atomic E-state index is 0.122. The van der Waals surface area contributed by atoms with Crippen molar-refractivity contribution < 1.29 is 28.6 Å². The summed E-state index contributed by atoms with van der Waals surface area (Å²) in [4.78, 5) is 28.1. The predicted octanol–water partition coefficient (Wildman–Crippen LogP) is 5.85. The average Bonchev–Trinajstić information content (AvgIpc) is 3.02. The molecule has 0 radical (unpaired) electrons. The zero-order valence-electron chi connectivity index (χ0n) is 26.8. The molecular weight excluding hydrogens is 618 g/mol. The number of rotatable bonds is 16. The average molecular weight is 661 g/mol. The number of alkyl halides is 1. The van der Waals surface area contributed by atoms with Gasteiger partial charge in [-0.3, -0.25) is 4.79 Å². The number of hydrogen-bond donors (Lipinski definition) is 2. The number of aromatic carboxylic acids is 1. The van der Waals surface area contributed by atoms with Crippen molar-refractivity contribution >= 4 is 40.1 Å². The molecule has 0 atom stereocenters. The van der Waals surface area contributed by atoms with Gasteiger partial charge in [-0.05, 0) is 61.2 Å². The van der Waals surface area contributed by atoms with Crippen LogP contribution in [0.3, 0.4) is 0 Å². The molecule has 3 aliphatic heterocycles. The second-order valence-electron chi connectivity index (χ2n) is 12.2. The number of nitrogens with one attached hydrogen (secondary N) is 1. The van der Waals surface area contributed by atoms with Gasteiger partial charge in [0.15, 0.2) is 0 Å². The highest BCUT2D eigenvalue weighted by atomic mass is 35.5. The fourth-order valence-electron chi connectivity index (χ4n) is 6.09. The molecule has 9 nitrogen and oxygen atoms in total. The topological polar surface area (TPSA) is 104 Å². The highest BCUT2D eigenvalue weighted by Crippen LogP contribution is 2.42. The van der Waals surface area contributed by atoms with Crippen molar-refractivity contribution in [2.45, 2.75) is 38.5 Å². The first-order valence-electron chi connectivity index (χ1n) is 16.7. The van der Waals surface area contributed by atoms with Crippen LogP contribution in [-0.4, -0.2) is 82.0 Å². The van der Waals surface area contributed by atoms with Gasteiger partial charge in [0.25, 0.3) is 5.91 Å². The molecule has 0 saturated carbocycles. The van der Waals surface area contributed by atoms with E-state index in [1.54, 1.807) is 12.1 Å². The maximum absolute atomic E-state index is 13.3. The normalized spacial score (nSPS) is 14.3. The number of anilines is 1. The van der Waals surface area contributed by atoms with Crippen molar-refractivity contribution in [1.29, 1.82) is 0 Å². The van der Waals surface area contributed by atoms with Crippen molar-refractivity contribution in [3.8, 4) is 22.5 Å². The first-order valence-corrected chi connectivity index (χ1v) is 17.3. The van der Waals surface area contributed by atoms with Crippen LogP contribution in [0.1, 0.15) is 59.2 Å². The number of benzene rings is 3. The summed E-state index contributed by atoms with van der Waals surface area (Å²) in [5, 5.41) is 15.0. The summed E-state index contributed by atoms with van der Waals surface area (Å²) in [5.74, 6) is 0.0253. The number of carbonyl (C=O) groups is 2. The number of carboxylic acid groups (broad SMARTS) is 1. The van der Waals surface area contributed by atoms with E-state index < -0.39 is 5.97 Å². The van der Waals surface area contributed by atoms with E-state index in [9.17, 15) is 14.7 Å². The summed E-state index contributed by atoms with van der Waals surface area (Å²) < 4.78 is 20.1. The molecule has 2 saturated heterocycles. The van der Waals surface area contributed by atoms with Crippen LogP contribution in [0.25, 0.3) is 33.4 Å². The van der Waals surface area contributed by atoms with E-state index in [1.807, 2.05) is 24.3 Å². The Morgan fingerprint density at radius 3 is 2.40 bits per heavy atom. The Morgan fingerprint density at radius 2 is 1.68 bits per heavy atom. The van der Waals surface area contributed by atoms with E-state index in [-0.39, 0.29) is 11.5 Å². The van der Waals surface area contributed by atoms with Gasteiger partial charge in [-0.1, -0.05) is 12.8 Å². The first kappa shape index (κ1) is 33.0. The lowest BCUT2D eigenvalue weighted by atomic mass is 9.89. The third-order valence-corrected chi connectivity index (χ3v) is 9.26. The largest absolute Gasteiger partial charge is 0.478 e. The Balaban J connectivity index is 1.22. The molecule has 10 heteroatoms. The van der Waals surface area contributed by atoms with Crippen LogP contribution in [0.15, 0.2) is 59.0 Å². The summed E-state index contributed by atoms with van der Waals surface area (Å²) >= 11 is 5.70. The van der Waals surface area contributed by atoms with Gasteiger partial charge >= 0.3 is 5.97 Å². The molecule has 2 aromatic carbocycles. The maximum Gasteiger partial charge on any atom is 0.336 e. The monoisotopic (exact) mass is 660 g/mol. The van der Waals surface area contributed by atoms with E-state index in [4.69, 9.17) is 25.5 Å². The standard InChI is InChI=1S/C37H42ClN3O6/c38-13-3-1-2-4-19-45-21-22-46-20-14-39-36(42)26-7-10-29(37(43)44)32(23-26)35-30-11-8-27(40-15-5-16-40)24-33(30)47-34-25-28(9-12-31(34)35)41-17-6-18-41/h7-12,23-25H,1-6,13-22H2,(H-,39,42,43,44)/p+1. The molecule has 47 heavy (non-hydrogen) atoms. The molecule has 248 valence electrons. The van der Waals surface area contributed by atoms with Crippen molar-refractivity contribution in [3.05, 3.63) is 71.1 Å². The van der Waals surface area contributed by atoms with E-state index in [0.717, 1.165) is 92.3 Å². The third-order valence-electron chi connectivity index (χ3n) is 8.99. The number of halogens is 1. The lowest BCUT2D eigenvalue weighted by Gasteiger charge is -2.33. The van der Waals surface area contributed by atoms with Gasteiger partial charge < -0.3 is 29.2 Å². The molecule has 1 amide bonds. The number of carboxylic acids is 1. The van der Waals surface area contributed by atoms with Crippen LogP contribution in [-0.2, 0) is 9.47 Å². The molecule has 3 heterocycles. The number of hydrogen-bond acceptors (Lipinski definition) is 6. The van der Waals surface area contributed by atoms with Crippen molar-refractivity contribution in [3.63, 3.8) is 0 Å². The molecule has 0 bridgehead atoms. The smallest absolute Gasteiger partial charge is 0.336 e. The van der Waals surface area contributed by atoms with Gasteiger partial charge in [-0.25, -0.2) is 9.37 Å². The molecule has 0 unspecified atom stereocenters. The van der Waals surface area contributed by atoms with Gasteiger partial charge in [0, 0.05) is 72.0 Å². The Hall–Kier alpha value is -3.92. The number of nitrogens with zero attached hydrogens (tertiary/aromatic N) is 2. The van der Waals surface area contributed by atoms with E-state index in [1.165, 1.54) is 6.07 Å². The Morgan fingerprint density at radius 1 is 0.872 bits per heavy atom. The predicted molar refractivity (Wildman–Crippen MR) is 185 cm³/mol. The van der Waals surface area contributed by atoms with Crippen molar-refractivity contribution in [2.75, 3.05) is 69.9 Å². The summed E-state index contributed by atoms with van der Waals surface area (Å²) in [6.45, 7) is 6.33. The van der Waals surface area contributed by atoms with Crippen LogP contribution in [0.5, 0.6) is 0 Å². The molecule has 2 aromatic rings. The van der Waals surface area contributed by atoms with Crippen molar-refractivity contribution in [1.82, 2.24) is 9.89 Å². The lowest BCUT2D eigenvalue weighted by Crippen LogP contribution is -2.40. The van der Waals surface area contributed by atoms with E-state index in [0.29, 0.717) is 61.3 Å². The van der Waals surface area contributed by atoms with Gasteiger partial charge in [0.05, 0.1) is 37.9 Å². The Bertz CT molecular complexity index is 1760. The second kappa shape index (κ2) is 15.8. The molecular formula is C37H43ClN3O6+. The fraction of sp³-hybridized carbons (Fsp3) is 0.432. The summed E-state index contributed by atoms with van der Waals surface area (Å²) in [6.07, 6.45) is 6.60. The molecule has 2 N–H and O–H groups in total. The summed E-state index contributed by atoms with van der Waals surface area (Å²) in [5.41, 5.74) is 4.26. The summed E-state index contributed by atoms with van der Waals surface area (Å²) in [7, 11) is 0. The van der Waals surface area contributed by atoms with Gasteiger partial charge in [-0.2, -0.15) is 0 Å². The second-order valence-corrected chi connectivity index (χ2v) is 12.5. The lowest BCUT2D eigenvalue weighted by molar-refractivity contribution is 0.0468. The molecule has 2 fully saturated rings. The highest BCUT2D eigenvalue weighted by Gasteiger charge is 2.25. The van der Waals surface area contributed by atoms with Crippen LogP contribution in [0.4, 0.5) is 5.69 Å². The minimum atomic E-state index is -1.06. The number of fused-ring (bicyclic) bond motifs is 2. The number of unbranched alkanes of at least 4 members (excludes halogenated alkanes) is 3.